The summed E-state index contributed by atoms with van der Waals surface area (Å²) < 4.78 is 18.1. The molecule has 0 saturated carbocycles. The van der Waals surface area contributed by atoms with Crippen LogP contribution in [0.5, 0.6) is 0 Å². The number of carbonyl (C=O) groups excluding carboxylic acids is 3. The van der Waals surface area contributed by atoms with E-state index in [0.29, 0.717) is 17.9 Å². The fourth-order valence-electron chi connectivity index (χ4n) is 1.78. The topological polar surface area (TPSA) is 75.7 Å². The number of aryl methyl sites for hydroxylation is 1. The number of hydrogen-bond donors (Lipinski definition) is 1. The molecule has 1 aliphatic rings. The van der Waals surface area contributed by atoms with Crippen molar-refractivity contribution in [3.8, 4) is 0 Å². The molecule has 1 aliphatic heterocycles. The van der Waals surface area contributed by atoms with Gasteiger partial charge in [0, 0.05) is 18.0 Å². The van der Waals surface area contributed by atoms with Crippen LogP contribution in [0.2, 0.25) is 0 Å². The molecule has 2 amide bonds. The Kier molecular flexibility index (Phi) is 5.37. The highest BCUT2D eigenvalue weighted by atomic mass is 32.2. The molecule has 0 radical (unpaired) electrons. The Labute approximate surface area is 131 Å². The third-order valence-electron chi connectivity index (χ3n) is 2.98. The Morgan fingerprint density at radius 2 is 2.23 bits per heavy atom. The van der Waals surface area contributed by atoms with Gasteiger partial charge >= 0.3 is 5.97 Å². The molecule has 1 heterocycles. The number of nitrogens with one attached hydrogen (secondary N) is 1. The van der Waals surface area contributed by atoms with Gasteiger partial charge in [-0.1, -0.05) is 17.8 Å². The summed E-state index contributed by atoms with van der Waals surface area (Å²) in [5.41, 5.74) is 0.757. The van der Waals surface area contributed by atoms with Crippen molar-refractivity contribution in [1.82, 2.24) is 4.90 Å². The largest absolute Gasteiger partial charge is 0.454 e. The van der Waals surface area contributed by atoms with E-state index in [1.807, 2.05) is 0 Å². The molecule has 0 aliphatic carbocycles. The summed E-state index contributed by atoms with van der Waals surface area (Å²) in [4.78, 5) is 35.8. The molecule has 1 N–H and O–H groups in total. The zero-order valence-electron chi connectivity index (χ0n) is 11.9. The summed E-state index contributed by atoms with van der Waals surface area (Å²) in [5, 5.41) is 2.26. The van der Waals surface area contributed by atoms with Crippen molar-refractivity contribution < 1.29 is 23.5 Å². The summed E-state index contributed by atoms with van der Waals surface area (Å²) in [6.07, 6.45) is 0. The summed E-state index contributed by atoms with van der Waals surface area (Å²) in [6.45, 7) is 1.45. The molecule has 1 aromatic carbocycles. The van der Waals surface area contributed by atoms with Crippen LogP contribution in [0.1, 0.15) is 5.56 Å². The van der Waals surface area contributed by atoms with E-state index in [2.05, 4.69) is 5.32 Å². The second-order valence-electron chi connectivity index (χ2n) is 4.71. The predicted octanol–water partition coefficient (Wildman–Crippen LogP) is 1.78. The number of esters is 1. The average molecular weight is 326 g/mol. The van der Waals surface area contributed by atoms with Crippen LogP contribution >= 0.6 is 11.8 Å². The maximum atomic E-state index is 13.3. The molecule has 0 aromatic heterocycles. The SMILES string of the molecule is Cc1ccc(NC(=O)COC(=O)CN2CCSC2=O)cc1F. The number of carbonyl (C=O) groups is 3. The van der Waals surface area contributed by atoms with E-state index >= 15 is 0 Å². The van der Waals surface area contributed by atoms with Crippen LogP contribution in [0, 0.1) is 12.7 Å². The minimum absolute atomic E-state index is 0.168. The fraction of sp³-hybridized carbons (Fsp3) is 0.357. The van der Waals surface area contributed by atoms with E-state index in [9.17, 15) is 18.8 Å². The second-order valence-corrected chi connectivity index (χ2v) is 5.75. The first-order chi connectivity index (χ1) is 10.5. The number of anilines is 1. The highest BCUT2D eigenvalue weighted by Gasteiger charge is 2.24. The first-order valence-electron chi connectivity index (χ1n) is 6.59. The zero-order chi connectivity index (χ0) is 16.1. The van der Waals surface area contributed by atoms with Crippen molar-refractivity contribution in [1.29, 1.82) is 0 Å². The van der Waals surface area contributed by atoms with Crippen LogP contribution in [0.4, 0.5) is 14.9 Å². The van der Waals surface area contributed by atoms with E-state index in [4.69, 9.17) is 4.74 Å². The lowest BCUT2D eigenvalue weighted by molar-refractivity contribution is -0.147. The molecule has 8 heteroatoms. The van der Waals surface area contributed by atoms with Gasteiger partial charge in [-0.05, 0) is 24.6 Å². The maximum Gasteiger partial charge on any atom is 0.326 e. The number of hydrogen-bond acceptors (Lipinski definition) is 5. The number of benzene rings is 1. The Morgan fingerprint density at radius 3 is 2.86 bits per heavy atom. The van der Waals surface area contributed by atoms with Crippen LogP contribution in [0.15, 0.2) is 18.2 Å². The van der Waals surface area contributed by atoms with Gasteiger partial charge in [-0.25, -0.2) is 4.39 Å². The summed E-state index contributed by atoms with van der Waals surface area (Å²) in [5.74, 6) is -1.01. The van der Waals surface area contributed by atoms with Gasteiger partial charge in [0.1, 0.15) is 12.4 Å². The molecule has 0 atom stereocenters. The Bertz CT molecular complexity index is 609. The average Bonchev–Trinajstić information content (AvgIpc) is 2.86. The smallest absolute Gasteiger partial charge is 0.326 e. The van der Waals surface area contributed by atoms with E-state index < -0.39 is 24.3 Å². The van der Waals surface area contributed by atoms with Crippen molar-refractivity contribution in [2.24, 2.45) is 0 Å². The lowest BCUT2D eigenvalue weighted by atomic mass is 10.2. The molecule has 118 valence electrons. The van der Waals surface area contributed by atoms with Crippen LogP contribution in [-0.2, 0) is 14.3 Å². The van der Waals surface area contributed by atoms with Gasteiger partial charge in [-0.15, -0.1) is 0 Å². The molecule has 1 fully saturated rings. The van der Waals surface area contributed by atoms with Crippen molar-refractivity contribution in [3.05, 3.63) is 29.6 Å². The van der Waals surface area contributed by atoms with Crippen molar-refractivity contribution in [2.75, 3.05) is 30.8 Å². The molecule has 6 nitrogen and oxygen atoms in total. The maximum absolute atomic E-state index is 13.3. The minimum atomic E-state index is -0.652. The summed E-state index contributed by atoms with van der Waals surface area (Å²) in [6, 6.07) is 4.28. The third kappa shape index (κ3) is 4.45. The normalized spacial score (nSPS) is 14.1. The number of halogens is 1. The molecule has 1 aromatic rings. The number of thioether (sulfide) groups is 1. The van der Waals surface area contributed by atoms with Crippen LogP contribution in [0.25, 0.3) is 0 Å². The number of ether oxygens (including phenoxy) is 1. The molecule has 1 saturated heterocycles. The molecule has 0 bridgehead atoms. The van der Waals surface area contributed by atoms with Gasteiger partial charge in [-0.2, -0.15) is 0 Å². The Hall–Kier alpha value is -2.09. The lowest BCUT2D eigenvalue weighted by Crippen LogP contribution is -2.32. The quantitative estimate of drug-likeness (QED) is 0.835. The van der Waals surface area contributed by atoms with Gasteiger partial charge in [0.15, 0.2) is 6.61 Å². The van der Waals surface area contributed by atoms with E-state index in [1.165, 1.54) is 17.0 Å². The lowest BCUT2D eigenvalue weighted by Gasteiger charge is -2.13. The number of amides is 2. The van der Waals surface area contributed by atoms with Gasteiger partial charge in [0.2, 0.25) is 0 Å². The van der Waals surface area contributed by atoms with Crippen molar-refractivity contribution in [3.63, 3.8) is 0 Å². The first-order valence-corrected chi connectivity index (χ1v) is 7.57. The Balaban J connectivity index is 1.76. The number of nitrogens with zero attached hydrogens (tertiary/aromatic N) is 1. The standard InChI is InChI=1S/C14H15FN2O4S/c1-9-2-3-10(6-11(9)15)16-12(18)8-21-13(19)7-17-4-5-22-14(17)20/h2-3,6H,4-5,7-8H2,1H3,(H,16,18). The predicted molar refractivity (Wildman–Crippen MR) is 80.2 cm³/mol. The van der Waals surface area contributed by atoms with Crippen LogP contribution < -0.4 is 5.32 Å². The summed E-state index contributed by atoms with van der Waals surface area (Å²) in [7, 11) is 0. The number of rotatable bonds is 5. The monoisotopic (exact) mass is 326 g/mol. The highest BCUT2D eigenvalue weighted by Crippen LogP contribution is 2.16. The van der Waals surface area contributed by atoms with Crippen molar-refractivity contribution >= 4 is 34.6 Å². The van der Waals surface area contributed by atoms with Crippen LogP contribution in [-0.4, -0.2) is 47.5 Å². The van der Waals surface area contributed by atoms with Crippen molar-refractivity contribution in [2.45, 2.75) is 6.92 Å². The molecular weight excluding hydrogens is 311 g/mol. The Morgan fingerprint density at radius 1 is 1.45 bits per heavy atom. The van der Waals surface area contributed by atoms with E-state index in [-0.39, 0.29) is 17.5 Å². The first kappa shape index (κ1) is 16.3. The molecule has 0 spiro atoms. The molecule has 2 rings (SSSR count). The van der Waals surface area contributed by atoms with E-state index in [0.717, 1.165) is 11.8 Å². The zero-order valence-corrected chi connectivity index (χ0v) is 12.7. The van der Waals surface area contributed by atoms with Gasteiger partial charge in [-0.3, -0.25) is 14.4 Å². The van der Waals surface area contributed by atoms with Gasteiger partial charge < -0.3 is 15.0 Å². The fourth-order valence-corrected chi connectivity index (χ4v) is 2.61. The molecule has 22 heavy (non-hydrogen) atoms. The molecule has 0 unspecified atom stereocenters. The summed E-state index contributed by atoms with van der Waals surface area (Å²) >= 11 is 1.14. The highest BCUT2D eigenvalue weighted by molar-refractivity contribution is 8.13. The van der Waals surface area contributed by atoms with E-state index in [1.54, 1.807) is 13.0 Å². The van der Waals surface area contributed by atoms with Crippen LogP contribution in [0.3, 0.4) is 0 Å². The second kappa shape index (κ2) is 7.26. The van der Waals surface area contributed by atoms with Gasteiger partial charge in [0.05, 0.1) is 0 Å². The van der Waals surface area contributed by atoms with Gasteiger partial charge in [0.25, 0.3) is 11.1 Å². The third-order valence-corrected chi connectivity index (χ3v) is 3.88. The minimum Gasteiger partial charge on any atom is -0.454 e. The molecular formula is C14H15FN2O4S.